The number of nitrogens with zero attached hydrogens (tertiary/aromatic N) is 2. The van der Waals surface area contributed by atoms with Crippen LogP contribution in [0.2, 0.25) is 0 Å². The van der Waals surface area contributed by atoms with Crippen molar-refractivity contribution < 1.29 is 19.4 Å². The summed E-state index contributed by atoms with van der Waals surface area (Å²) in [5.74, 6) is 0.565. The number of ether oxygens (including phenoxy) is 1. The van der Waals surface area contributed by atoms with Gasteiger partial charge in [0.25, 0.3) is 0 Å². The predicted octanol–water partition coefficient (Wildman–Crippen LogP) is 3.05. The highest BCUT2D eigenvalue weighted by atomic mass is 32.2. The molecule has 0 aliphatic carbocycles. The molecule has 2 heterocycles. The van der Waals surface area contributed by atoms with Gasteiger partial charge in [-0.25, -0.2) is 9.78 Å². The molecule has 0 unspecified atom stereocenters. The van der Waals surface area contributed by atoms with Crippen LogP contribution in [-0.4, -0.2) is 58.9 Å². The lowest BCUT2D eigenvalue weighted by Gasteiger charge is -2.24. The first kappa shape index (κ1) is 19.5. The Kier molecular flexibility index (Phi) is 6.57. The van der Waals surface area contributed by atoms with Gasteiger partial charge in [-0.3, -0.25) is 4.79 Å². The van der Waals surface area contributed by atoms with Crippen molar-refractivity contribution in [3.63, 3.8) is 0 Å². The molecule has 144 valence electrons. The maximum Gasteiger partial charge on any atom is 0.355 e. The van der Waals surface area contributed by atoms with Gasteiger partial charge in [0.2, 0.25) is 5.91 Å². The number of carbonyl (C=O) groups is 2. The minimum atomic E-state index is -1.02. The number of aromatic nitrogens is 1. The van der Waals surface area contributed by atoms with E-state index in [1.807, 2.05) is 36.2 Å². The highest BCUT2D eigenvalue weighted by molar-refractivity contribution is 8.01. The van der Waals surface area contributed by atoms with E-state index in [9.17, 15) is 9.59 Å². The van der Waals surface area contributed by atoms with Crippen LogP contribution in [0.15, 0.2) is 34.0 Å². The summed E-state index contributed by atoms with van der Waals surface area (Å²) in [5.41, 5.74) is 1.04. The summed E-state index contributed by atoms with van der Waals surface area (Å²) >= 11 is 2.78. The molecule has 1 aromatic carbocycles. The van der Waals surface area contributed by atoms with Gasteiger partial charge in [0.15, 0.2) is 10.0 Å². The molecule has 2 aromatic rings. The standard InChI is InChI=1S/C18H21N3O4S2/c1-19-12-3-2-4-14(9-12)25-10-13-5-6-16(22)21(13)7-8-26-18-20-15(11-27-18)17(23)24/h2-4,9,11,13,19H,5-8,10H2,1H3,(H,23,24)/t13-/m1/s1. The van der Waals surface area contributed by atoms with E-state index >= 15 is 0 Å². The Morgan fingerprint density at radius 2 is 2.37 bits per heavy atom. The van der Waals surface area contributed by atoms with E-state index in [1.54, 1.807) is 0 Å². The second-order valence-corrected chi connectivity index (χ2v) is 8.22. The second-order valence-electron chi connectivity index (χ2n) is 6.02. The lowest BCUT2D eigenvalue weighted by Crippen LogP contribution is -2.38. The normalized spacial score (nSPS) is 16.6. The van der Waals surface area contributed by atoms with Crippen molar-refractivity contribution in [2.75, 3.05) is 31.3 Å². The van der Waals surface area contributed by atoms with Crippen molar-refractivity contribution in [3.05, 3.63) is 35.3 Å². The average molecular weight is 408 g/mol. The fourth-order valence-electron chi connectivity index (χ4n) is 2.86. The summed E-state index contributed by atoms with van der Waals surface area (Å²) in [6, 6.07) is 7.78. The quantitative estimate of drug-likeness (QED) is 0.617. The van der Waals surface area contributed by atoms with Crippen LogP contribution in [-0.2, 0) is 4.79 Å². The summed E-state index contributed by atoms with van der Waals surface area (Å²) in [5, 5.41) is 13.5. The zero-order valence-electron chi connectivity index (χ0n) is 14.9. The molecule has 0 spiro atoms. The number of likely N-dealkylation sites (tertiary alicyclic amines) is 1. The maximum atomic E-state index is 12.2. The highest BCUT2D eigenvalue weighted by Gasteiger charge is 2.31. The van der Waals surface area contributed by atoms with Gasteiger partial charge in [0, 0.05) is 42.9 Å². The van der Waals surface area contributed by atoms with Crippen LogP contribution in [0.4, 0.5) is 5.69 Å². The molecule has 0 bridgehead atoms. The summed E-state index contributed by atoms with van der Waals surface area (Å²) in [6.45, 7) is 1.06. The fraction of sp³-hybridized carbons (Fsp3) is 0.389. The SMILES string of the molecule is CNc1cccc(OC[C@H]2CCC(=O)N2CCSc2nc(C(=O)O)cs2)c1. The number of carboxylic acids is 1. The molecule has 7 nitrogen and oxygen atoms in total. The first-order valence-electron chi connectivity index (χ1n) is 8.58. The van der Waals surface area contributed by atoms with Gasteiger partial charge in [-0.05, 0) is 18.6 Å². The molecule has 1 aliphatic rings. The Bertz CT molecular complexity index is 811. The minimum absolute atomic E-state index is 0.0576. The highest BCUT2D eigenvalue weighted by Crippen LogP contribution is 2.26. The number of hydrogen-bond donors (Lipinski definition) is 2. The van der Waals surface area contributed by atoms with Crippen LogP contribution in [0.25, 0.3) is 0 Å². The minimum Gasteiger partial charge on any atom is -0.491 e. The lowest BCUT2D eigenvalue weighted by molar-refractivity contribution is -0.129. The van der Waals surface area contributed by atoms with E-state index in [0.29, 0.717) is 29.7 Å². The molecule has 1 aliphatic heterocycles. The average Bonchev–Trinajstić information content (AvgIpc) is 3.28. The summed E-state index contributed by atoms with van der Waals surface area (Å²) in [6.07, 6.45) is 1.32. The number of hydrogen-bond acceptors (Lipinski definition) is 7. The first-order chi connectivity index (χ1) is 13.1. The number of carboxylic acid groups (broad SMARTS) is 1. The van der Waals surface area contributed by atoms with E-state index in [2.05, 4.69) is 10.3 Å². The van der Waals surface area contributed by atoms with Gasteiger partial charge in [-0.1, -0.05) is 17.8 Å². The van der Waals surface area contributed by atoms with Crippen molar-refractivity contribution in [2.45, 2.75) is 23.2 Å². The summed E-state index contributed by atoms with van der Waals surface area (Å²) < 4.78 is 6.59. The van der Waals surface area contributed by atoms with Crippen molar-refractivity contribution in [1.82, 2.24) is 9.88 Å². The smallest absolute Gasteiger partial charge is 0.355 e. The zero-order valence-corrected chi connectivity index (χ0v) is 16.5. The van der Waals surface area contributed by atoms with Gasteiger partial charge in [-0.15, -0.1) is 11.3 Å². The molecule has 1 aromatic heterocycles. The summed E-state index contributed by atoms with van der Waals surface area (Å²) in [4.78, 5) is 29.0. The Morgan fingerprint density at radius 1 is 1.52 bits per heavy atom. The van der Waals surface area contributed by atoms with Gasteiger partial charge < -0.3 is 20.1 Å². The van der Waals surface area contributed by atoms with Crippen LogP contribution in [0.5, 0.6) is 5.75 Å². The topological polar surface area (TPSA) is 91.8 Å². The van der Waals surface area contributed by atoms with E-state index < -0.39 is 5.97 Å². The number of thioether (sulfide) groups is 1. The number of benzene rings is 1. The fourth-order valence-corrected chi connectivity index (χ4v) is 4.67. The van der Waals surface area contributed by atoms with E-state index in [-0.39, 0.29) is 17.6 Å². The van der Waals surface area contributed by atoms with Crippen LogP contribution >= 0.6 is 23.1 Å². The van der Waals surface area contributed by atoms with Crippen LogP contribution in [0, 0.1) is 0 Å². The number of anilines is 1. The number of aromatic carboxylic acids is 1. The molecule has 1 atom stereocenters. The van der Waals surface area contributed by atoms with E-state index in [0.717, 1.165) is 17.9 Å². The number of thiazole rings is 1. The zero-order chi connectivity index (χ0) is 19.2. The third-order valence-electron chi connectivity index (χ3n) is 4.28. The maximum absolute atomic E-state index is 12.2. The first-order valence-corrected chi connectivity index (χ1v) is 10.4. The van der Waals surface area contributed by atoms with Crippen molar-refractivity contribution in [2.24, 2.45) is 0 Å². The van der Waals surface area contributed by atoms with E-state index in [1.165, 1.54) is 28.5 Å². The number of rotatable bonds is 9. The molecular formula is C18H21N3O4S2. The van der Waals surface area contributed by atoms with E-state index in [4.69, 9.17) is 9.84 Å². The third-order valence-corrected chi connectivity index (χ3v) is 6.28. The molecule has 27 heavy (non-hydrogen) atoms. The lowest BCUT2D eigenvalue weighted by atomic mass is 10.2. The summed E-state index contributed by atoms with van der Waals surface area (Å²) in [7, 11) is 1.86. The Morgan fingerprint density at radius 3 is 3.11 bits per heavy atom. The van der Waals surface area contributed by atoms with Gasteiger partial charge in [0.05, 0.1) is 6.04 Å². The molecule has 9 heteroatoms. The Balaban J connectivity index is 1.50. The van der Waals surface area contributed by atoms with Crippen LogP contribution < -0.4 is 10.1 Å². The number of carbonyl (C=O) groups excluding carboxylic acids is 1. The molecular weight excluding hydrogens is 386 g/mol. The number of amides is 1. The second kappa shape index (κ2) is 9.09. The molecule has 1 amide bonds. The monoisotopic (exact) mass is 407 g/mol. The Labute approximate surface area is 165 Å². The number of nitrogens with one attached hydrogen (secondary N) is 1. The van der Waals surface area contributed by atoms with Crippen molar-refractivity contribution in [1.29, 1.82) is 0 Å². The largest absolute Gasteiger partial charge is 0.491 e. The predicted molar refractivity (Wildman–Crippen MR) is 106 cm³/mol. The molecule has 0 saturated carbocycles. The molecule has 0 radical (unpaired) electrons. The molecule has 2 N–H and O–H groups in total. The Hall–Kier alpha value is -2.26. The van der Waals surface area contributed by atoms with Crippen LogP contribution in [0.3, 0.4) is 0 Å². The molecule has 1 saturated heterocycles. The van der Waals surface area contributed by atoms with Gasteiger partial charge in [0.1, 0.15) is 12.4 Å². The van der Waals surface area contributed by atoms with Gasteiger partial charge in [-0.2, -0.15) is 0 Å². The third kappa shape index (κ3) is 5.14. The molecule has 1 fully saturated rings. The van der Waals surface area contributed by atoms with Crippen molar-refractivity contribution >= 4 is 40.7 Å². The van der Waals surface area contributed by atoms with Crippen LogP contribution in [0.1, 0.15) is 23.3 Å². The van der Waals surface area contributed by atoms with Crippen molar-refractivity contribution in [3.8, 4) is 5.75 Å². The van der Waals surface area contributed by atoms with Gasteiger partial charge >= 0.3 is 5.97 Å². The molecule has 3 rings (SSSR count).